The van der Waals surface area contributed by atoms with Crippen LogP contribution < -0.4 is 0 Å². The molecule has 0 amide bonds. The number of rotatable bonds is 1. The van der Waals surface area contributed by atoms with Crippen molar-refractivity contribution in [3.8, 4) is 0 Å². The number of hydrogen-bond donors (Lipinski definition) is 0. The van der Waals surface area contributed by atoms with Crippen LogP contribution in [0.4, 0.5) is 45.2 Å². The Balaban J connectivity index is 3.88. The minimum atomic E-state index is -5.57. The summed E-state index contributed by atoms with van der Waals surface area (Å²) in [4.78, 5) is 12.2. The number of alkyl halides is 9. The summed E-state index contributed by atoms with van der Waals surface area (Å²) in [6.07, 6.45) is -16.1. The van der Waals surface area contributed by atoms with Gasteiger partial charge in [0.25, 0.3) is 0 Å². The first-order valence-corrected chi connectivity index (χ1v) is 4.76. The lowest BCUT2D eigenvalue weighted by Crippen LogP contribution is -2.16. The molecule has 21 heavy (non-hydrogen) atoms. The minimum absolute atomic E-state index is 0.461. The summed E-state index contributed by atoms with van der Waals surface area (Å²) in [7, 11) is 0. The van der Waals surface area contributed by atoms with Gasteiger partial charge in [0.2, 0.25) is 6.08 Å². The predicted octanol–water partition coefficient (Wildman–Crippen LogP) is 4.71. The van der Waals surface area contributed by atoms with Gasteiger partial charge in [-0.3, -0.25) is 0 Å². The van der Waals surface area contributed by atoms with Gasteiger partial charge in [-0.2, -0.15) is 44.5 Å². The molecule has 0 aliphatic heterocycles. The van der Waals surface area contributed by atoms with Crippen molar-refractivity contribution >= 4 is 11.8 Å². The van der Waals surface area contributed by atoms with Crippen molar-refractivity contribution in [1.29, 1.82) is 0 Å². The molecule has 0 heterocycles. The van der Waals surface area contributed by atoms with Crippen molar-refractivity contribution in [2.45, 2.75) is 18.5 Å². The third-order valence-electron chi connectivity index (χ3n) is 2.21. The first-order chi connectivity index (χ1) is 9.28. The summed E-state index contributed by atoms with van der Waals surface area (Å²) in [5, 5.41) is 0. The van der Waals surface area contributed by atoms with Crippen LogP contribution in [0.2, 0.25) is 0 Å². The molecule has 0 saturated heterocycles. The minimum Gasteiger partial charge on any atom is -0.211 e. The van der Waals surface area contributed by atoms with Crippen molar-refractivity contribution in [3.63, 3.8) is 0 Å². The van der Waals surface area contributed by atoms with Crippen LogP contribution in [0.1, 0.15) is 16.7 Å². The summed E-state index contributed by atoms with van der Waals surface area (Å²) in [6.45, 7) is 0. The molecule has 0 aromatic heterocycles. The largest absolute Gasteiger partial charge is 0.418 e. The van der Waals surface area contributed by atoms with Crippen LogP contribution in [0, 0.1) is 0 Å². The van der Waals surface area contributed by atoms with E-state index in [-0.39, 0.29) is 0 Å². The first-order valence-electron chi connectivity index (χ1n) is 4.76. The van der Waals surface area contributed by atoms with Crippen LogP contribution in [0.25, 0.3) is 0 Å². The van der Waals surface area contributed by atoms with Crippen LogP contribution in [0.3, 0.4) is 0 Å². The molecule has 0 atom stereocenters. The Morgan fingerprint density at radius 2 is 1.14 bits per heavy atom. The van der Waals surface area contributed by atoms with Crippen molar-refractivity contribution in [2.75, 3.05) is 0 Å². The molecule has 0 aliphatic rings. The fourth-order valence-electron chi connectivity index (χ4n) is 1.40. The smallest absolute Gasteiger partial charge is 0.211 e. The summed E-state index contributed by atoms with van der Waals surface area (Å²) in [5.74, 6) is 0. The van der Waals surface area contributed by atoms with Gasteiger partial charge >= 0.3 is 18.5 Å². The van der Waals surface area contributed by atoms with E-state index < -0.39 is 53.0 Å². The molecule has 0 fully saturated rings. The Morgan fingerprint density at radius 1 is 0.762 bits per heavy atom. The van der Waals surface area contributed by atoms with E-state index in [4.69, 9.17) is 0 Å². The third-order valence-corrected chi connectivity index (χ3v) is 2.21. The number of halogens is 9. The van der Waals surface area contributed by atoms with Crippen molar-refractivity contribution in [3.05, 3.63) is 28.8 Å². The second kappa shape index (κ2) is 5.06. The topological polar surface area (TPSA) is 29.4 Å². The lowest BCUT2D eigenvalue weighted by Gasteiger charge is -2.18. The predicted molar refractivity (Wildman–Crippen MR) is 49.2 cm³/mol. The van der Waals surface area contributed by atoms with E-state index in [1.165, 1.54) is 0 Å². The van der Waals surface area contributed by atoms with E-state index in [2.05, 4.69) is 4.99 Å². The van der Waals surface area contributed by atoms with Crippen LogP contribution in [0.15, 0.2) is 17.1 Å². The normalized spacial score (nSPS) is 13.0. The monoisotopic (exact) mass is 323 g/mol. The lowest BCUT2D eigenvalue weighted by molar-refractivity contribution is -0.147. The van der Waals surface area contributed by atoms with Crippen molar-refractivity contribution < 1.29 is 44.3 Å². The Hall–Kier alpha value is -2.03. The average Bonchev–Trinajstić information content (AvgIpc) is 2.24. The van der Waals surface area contributed by atoms with Gasteiger partial charge in [-0.15, -0.1) is 0 Å². The van der Waals surface area contributed by atoms with E-state index in [1.54, 1.807) is 0 Å². The standard InChI is InChI=1S/C10H2F9NO/c11-8(12,13)4-1-5(9(14,15)16)7(20-3-21)6(2-4)10(17,18)19/h1-2H. The van der Waals surface area contributed by atoms with Gasteiger partial charge in [-0.25, -0.2) is 4.79 Å². The summed E-state index contributed by atoms with van der Waals surface area (Å²) < 4.78 is 113. The second-order valence-corrected chi connectivity index (χ2v) is 3.62. The van der Waals surface area contributed by atoms with Gasteiger partial charge in [0.05, 0.1) is 16.7 Å². The fraction of sp³-hybridized carbons (Fsp3) is 0.300. The average molecular weight is 323 g/mol. The number of isocyanates is 1. The maximum atomic E-state index is 12.6. The van der Waals surface area contributed by atoms with Gasteiger partial charge in [0, 0.05) is 0 Å². The quantitative estimate of drug-likeness (QED) is 0.418. The molecular formula is C10H2F9NO. The maximum absolute atomic E-state index is 12.6. The summed E-state index contributed by atoms with van der Waals surface area (Å²) >= 11 is 0. The Kier molecular flexibility index (Phi) is 4.10. The van der Waals surface area contributed by atoms with Gasteiger partial charge in [-0.1, -0.05) is 0 Å². The lowest BCUT2D eigenvalue weighted by atomic mass is 10.0. The molecule has 0 aliphatic carbocycles. The van der Waals surface area contributed by atoms with Gasteiger partial charge in [0.1, 0.15) is 5.69 Å². The van der Waals surface area contributed by atoms with Crippen LogP contribution in [0.5, 0.6) is 0 Å². The zero-order valence-electron chi connectivity index (χ0n) is 9.41. The fourth-order valence-corrected chi connectivity index (χ4v) is 1.40. The molecule has 0 spiro atoms. The van der Waals surface area contributed by atoms with E-state index in [9.17, 15) is 44.3 Å². The molecule has 0 saturated carbocycles. The van der Waals surface area contributed by atoms with E-state index in [0.29, 0.717) is 6.08 Å². The van der Waals surface area contributed by atoms with Gasteiger partial charge in [0.15, 0.2) is 0 Å². The van der Waals surface area contributed by atoms with Gasteiger partial charge < -0.3 is 0 Å². The van der Waals surface area contributed by atoms with Crippen molar-refractivity contribution in [2.24, 2.45) is 4.99 Å². The summed E-state index contributed by atoms with van der Waals surface area (Å²) in [5.41, 5.74) is -8.77. The molecule has 2 nitrogen and oxygen atoms in total. The number of hydrogen-bond acceptors (Lipinski definition) is 2. The Labute approximate surface area is 109 Å². The van der Waals surface area contributed by atoms with Crippen LogP contribution >= 0.6 is 0 Å². The highest BCUT2D eigenvalue weighted by Gasteiger charge is 2.45. The molecule has 0 bridgehead atoms. The van der Waals surface area contributed by atoms with Gasteiger partial charge in [-0.05, 0) is 12.1 Å². The molecule has 0 unspecified atom stereocenters. The second-order valence-electron chi connectivity index (χ2n) is 3.62. The SMILES string of the molecule is O=C=Nc1c(C(F)(F)F)cc(C(F)(F)F)cc1C(F)(F)F. The number of aliphatic imine (C=N–C) groups is 1. The Bertz CT molecular complexity index is 555. The highest BCUT2D eigenvalue weighted by Crippen LogP contribution is 2.47. The highest BCUT2D eigenvalue weighted by molar-refractivity contribution is 5.62. The molecule has 1 aromatic rings. The molecular weight excluding hydrogens is 321 g/mol. The van der Waals surface area contributed by atoms with E-state index in [0.717, 1.165) is 0 Å². The highest BCUT2D eigenvalue weighted by atomic mass is 19.4. The molecule has 1 aromatic carbocycles. The molecule has 11 heteroatoms. The molecule has 0 radical (unpaired) electrons. The number of nitrogens with zero attached hydrogens (tertiary/aromatic N) is 1. The van der Waals surface area contributed by atoms with Crippen LogP contribution in [-0.2, 0) is 23.3 Å². The molecule has 116 valence electrons. The van der Waals surface area contributed by atoms with E-state index >= 15 is 0 Å². The number of benzene rings is 1. The summed E-state index contributed by atoms with van der Waals surface area (Å²) in [6, 6.07) is -1.10. The first kappa shape index (κ1) is 17.0. The van der Waals surface area contributed by atoms with Crippen molar-refractivity contribution in [1.82, 2.24) is 0 Å². The van der Waals surface area contributed by atoms with E-state index in [1.807, 2.05) is 0 Å². The zero-order chi connectivity index (χ0) is 16.6. The van der Waals surface area contributed by atoms with Crippen LogP contribution in [-0.4, -0.2) is 6.08 Å². The third kappa shape index (κ3) is 3.75. The maximum Gasteiger partial charge on any atom is 0.418 e. The molecule has 1 rings (SSSR count). The zero-order valence-corrected chi connectivity index (χ0v) is 9.41. The number of carbonyl (C=O) groups excluding carboxylic acids is 1. The molecule has 0 N–H and O–H groups in total. The Morgan fingerprint density at radius 3 is 1.38 bits per heavy atom.